The molecule has 25 heavy (non-hydrogen) atoms. The van der Waals surface area contributed by atoms with Crippen molar-refractivity contribution in [2.75, 3.05) is 26.2 Å². The normalized spacial score (nSPS) is 27.0. The van der Waals surface area contributed by atoms with Gasteiger partial charge in [0.2, 0.25) is 5.91 Å². The molecule has 134 valence electrons. The largest absolute Gasteiger partial charge is 0.342 e. The van der Waals surface area contributed by atoms with Gasteiger partial charge in [0.25, 0.3) is 5.91 Å². The Balaban J connectivity index is 1.46. The van der Waals surface area contributed by atoms with Crippen molar-refractivity contribution in [2.45, 2.75) is 51.4 Å². The molecule has 6 heteroatoms. The van der Waals surface area contributed by atoms with Crippen LogP contribution in [-0.2, 0) is 4.79 Å². The van der Waals surface area contributed by atoms with Gasteiger partial charge in [-0.3, -0.25) is 9.59 Å². The first-order valence-corrected chi connectivity index (χ1v) is 9.49. The van der Waals surface area contributed by atoms with Crippen LogP contribution in [0.2, 0.25) is 0 Å². The summed E-state index contributed by atoms with van der Waals surface area (Å²) in [6, 6.07) is 0. The molecule has 1 spiro atoms. The first kappa shape index (κ1) is 16.5. The second kappa shape index (κ2) is 6.39. The predicted molar refractivity (Wildman–Crippen MR) is 93.1 cm³/mol. The van der Waals surface area contributed by atoms with E-state index in [-0.39, 0.29) is 17.2 Å². The summed E-state index contributed by atoms with van der Waals surface area (Å²) in [7, 11) is 0. The Morgan fingerprint density at radius 1 is 1.24 bits per heavy atom. The van der Waals surface area contributed by atoms with Gasteiger partial charge in [-0.1, -0.05) is 0 Å². The van der Waals surface area contributed by atoms with Gasteiger partial charge in [0.05, 0.1) is 5.56 Å². The topological polar surface area (TPSA) is 66.4 Å². The maximum Gasteiger partial charge on any atom is 0.257 e. The van der Waals surface area contributed by atoms with Crippen LogP contribution in [0.3, 0.4) is 0 Å². The lowest BCUT2D eigenvalue weighted by Gasteiger charge is -2.48. The van der Waals surface area contributed by atoms with Crippen molar-refractivity contribution < 1.29 is 9.59 Å². The van der Waals surface area contributed by atoms with Crippen LogP contribution in [0.4, 0.5) is 0 Å². The average molecular weight is 342 g/mol. The lowest BCUT2D eigenvalue weighted by molar-refractivity contribution is -0.138. The van der Waals surface area contributed by atoms with Crippen LogP contribution in [-0.4, -0.2) is 57.8 Å². The van der Waals surface area contributed by atoms with Crippen molar-refractivity contribution in [3.05, 3.63) is 23.8 Å². The number of hydrogen-bond donors (Lipinski definition) is 0. The standard InChI is InChI=1S/C19H26N4O2/c1-2-22-12-19(8-6-16(22)24)7-3-9-23(13-19)18(25)15-10-20-17(21-11-15)14-4-5-14/h10-11,14H,2-9,12-13H2,1H3. The van der Waals surface area contributed by atoms with Gasteiger partial charge < -0.3 is 9.80 Å². The van der Waals surface area contributed by atoms with E-state index in [4.69, 9.17) is 0 Å². The molecule has 0 aromatic carbocycles. The third-order valence-corrected chi connectivity index (χ3v) is 5.94. The van der Waals surface area contributed by atoms with Gasteiger partial charge in [-0.2, -0.15) is 0 Å². The van der Waals surface area contributed by atoms with Gasteiger partial charge in [-0.05, 0) is 39.0 Å². The second-order valence-corrected chi connectivity index (χ2v) is 7.84. The minimum atomic E-state index is 0.0290. The zero-order valence-electron chi connectivity index (χ0n) is 14.9. The van der Waals surface area contributed by atoms with E-state index in [9.17, 15) is 9.59 Å². The fourth-order valence-electron chi connectivity index (χ4n) is 4.29. The minimum Gasteiger partial charge on any atom is -0.342 e. The monoisotopic (exact) mass is 342 g/mol. The number of carbonyl (C=O) groups excluding carboxylic acids is 2. The van der Waals surface area contributed by atoms with E-state index in [1.165, 1.54) is 0 Å². The van der Waals surface area contributed by atoms with Gasteiger partial charge in [-0.25, -0.2) is 9.97 Å². The Morgan fingerprint density at radius 2 is 2.00 bits per heavy atom. The molecular weight excluding hydrogens is 316 g/mol. The quantitative estimate of drug-likeness (QED) is 0.845. The Bertz CT molecular complexity index is 671. The number of rotatable bonds is 3. The van der Waals surface area contributed by atoms with Crippen molar-refractivity contribution in [2.24, 2.45) is 5.41 Å². The first-order valence-electron chi connectivity index (χ1n) is 9.49. The van der Waals surface area contributed by atoms with E-state index in [1.54, 1.807) is 12.4 Å². The van der Waals surface area contributed by atoms with Crippen LogP contribution in [0, 0.1) is 5.41 Å². The molecular formula is C19H26N4O2. The number of amides is 2. The zero-order valence-corrected chi connectivity index (χ0v) is 14.9. The molecule has 2 saturated heterocycles. The predicted octanol–water partition coefficient (Wildman–Crippen LogP) is 2.22. The second-order valence-electron chi connectivity index (χ2n) is 7.84. The molecule has 1 aromatic heterocycles. The van der Waals surface area contributed by atoms with Crippen LogP contribution in [0.5, 0.6) is 0 Å². The van der Waals surface area contributed by atoms with Gasteiger partial charge >= 0.3 is 0 Å². The highest BCUT2D eigenvalue weighted by Crippen LogP contribution is 2.39. The van der Waals surface area contributed by atoms with E-state index in [1.807, 2.05) is 16.7 Å². The molecule has 3 fully saturated rings. The summed E-state index contributed by atoms with van der Waals surface area (Å²) in [5, 5.41) is 0. The molecule has 6 nitrogen and oxygen atoms in total. The molecule has 1 atom stereocenters. The third-order valence-electron chi connectivity index (χ3n) is 5.94. The fraction of sp³-hybridized carbons (Fsp3) is 0.684. The molecule has 0 bridgehead atoms. The van der Waals surface area contributed by atoms with Gasteiger partial charge in [0.1, 0.15) is 5.82 Å². The molecule has 4 rings (SSSR count). The lowest BCUT2D eigenvalue weighted by Crippen LogP contribution is -2.55. The summed E-state index contributed by atoms with van der Waals surface area (Å²) >= 11 is 0. The van der Waals surface area contributed by atoms with Crippen LogP contribution in [0.15, 0.2) is 12.4 Å². The summed E-state index contributed by atoms with van der Waals surface area (Å²) in [4.78, 5) is 37.6. The van der Waals surface area contributed by atoms with E-state index in [2.05, 4.69) is 9.97 Å². The van der Waals surface area contributed by atoms with Crippen LogP contribution >= 0.6 is 0 Å². The van der Waals surface area contributed by atoms with Gasteiger partial charge in [0.15, 0.2) is 0 Å². The van der Waals surface area contributed by atoms with Crippen LogP contribution < -0.4 is 0 Å². The number of carbonyl (C=O) groups is 2. The molecule has 1 aromatic rings. The Labute approximate surface area is 148 Å². The summed E-state index contributed by atoms with van der Waals surface area (Å²) in [6.07, 6.45) is 9.29. The van der Waals surface area contributed by atoms with Crippen LogP contribution in [0.25, 0.3) is 0 Å². The van der Waals surface area contributed by atoms with E-state index >= 15 is 0 Å². The minimum absolute atomic E-state index is 0.0290. The number of aromatic nitrogens is 2. The van der Waals surface area contributed by atoms with Gasteiger partial charge in [0, 0.05) is 56.3 Å². The van der Waals surface area contributed by atoms with Crippen molar-refractivity contribution in [1.82, 2.24) is 19.8 Å². The highest BCUT2D eigenvalue weighted by Gasteiger charge is 2.42. The average Bonchev–Trinajstić information content (AvgIpc) is 3.49. The number of piperidine rings is 2. The van der Waals surface area contributed by atoms with Gasteiger partial charge in [-0.15, -0.1) is 0 Å². The molecule has 1 aliphatic carbocycles. The summed E-state index contributed by atoms with van der Waals surface area (Å²) in [5.41, 5.74) is 0.646. The Hall–Kier alpha value is -1.98. The number of nitrogens with zero attached hydrogens (tertiary/aromatic N) is 4. The van der Waals surface area contributed by atoms with E-state index < -0.39 is 0 Å². The molecule has 3 aliphatic rings. The van der Waals surface area contributed by atoms with Crippen molar-refractivity contribution in [1.29, 1.82) is 0 Å². The molecule has 2 aliphatic heterocycles. The summed E-state index contributed by atoms with van der Waals surface area (Å²) in [5.74, 6) is 1.65. The summed E-state index contributed by atoms with van der Waals surface area (Å²) in [6.45, 7) is 5.08. The zero-order chi connectivity index (χ0) is 17.4. The molecule has 1 saturated carbocycles. The first-order chi connectivity index (χ1) is 12.1. The Kier molecular flexibility index (Phi) is 4.21. The smallest absolute Gasteiger partial charge is 0.257 e. The highest BCUT2D eigenvalue weighted by molar-refractivity contribution is 5.93. The SMILES string of the molecule is CCN1CC2(CCCN(C(=O)c3cnc(C4CC4)nc3)C2)CCC1=O. The maximum atomic E-state index is 12.9. The summed E-state index contributed by atoms with van der Waals surface area (Å²) < 4.78 is 0. The highest BCUT2D eigenvalue weighted by atomic mass is 16.2. The third kappa shape index (κ3) is 3.26. The van der Waals surface area contributed by atoms with Crippen LogP contribution in [0.1, 0.15) is 67.5 Å². The number of hydrogen-bond acceptors (Lipinski definition) is 4. The maximum absolute atomic E-state index is 12.9. The molecule has 0 N–H and O–H groups in total. The molecule has 0 radical (unpaired) electrons. The van der Waals surface area contributed by atoms with Crippen molar-refractivity contribution in [3.8, 4) is 0 Å². The van der Waals surface area contributed by atoms with Crippen molar-refractivity contribution >= 4 is 11.8 Å². The molecule has 2 amide bonds. The van der Waals surface area contributed by atoms with E-state index in [0.29, 0.717) is 17.9 Å². The fourth-order valence-corrected chi connectivity index (χ4v) is 4.29. The number of likely N-dealkylation sites (tertiary alicyclic amines) is 2. The van der Waals surface area contributed by atoms with E-state index in [0.717, 1.165) is 64.1 Å². The molecule has 1 unspecified atom stereocenters. The Morgan fingerprint density at radius 3 is 2.68 bits per heavy atom. The molecule has 3 heterocycles. The van der Waals surface area contributed by atoms with Crippen molar-refractivity contribution in [3.63, 3.8) is 0 Å². The lowest BCUT2D eigenvalue weighted by atomic mass is 9.73.